The van der Waals surface area contributed by atoms with Gasteiger partial charge in [0.15, 0.2) is 0 Å². The largest absolute Gasteiger partial charge is 0.348 e. The molecule has 2 aromatic rings. The van der Waals surface area contributed by atoms with Crippen LogP contribution in [0.5, 0.6) is 0 Å². The van der Waals surface area contributed by atoms with Gasteiger partial charge in [0, 0.05) is 43.0 Å². The third-order valence-electron chi connectivity index (χ3n) is 4.16. The van der Waals surface area contributed by atoms with Crippen LogP contribution >= 0.6 is 11.6 Å². The van der Waals surface area contributed by atoms with Gasteiger partial charge in [-0.15, -0.1) is 0 Å². The third-order valence-corrected chi connectivity index (χ3v) is 5.64. The number of pyridine rings is 1. The van der Waals surface area contributed by atoms with Crippen LogP contribution in [0.25, 0.3) is 0 Å². The summed E-state index contributed by atoms with van der Waals surface area (Å²) < 4.78 is 38.6. The van der Waals surface area contributed by atoms with Gasteiger partial charge < -0.3 is 5.32 Å². The number of carbonyl (C=O) groups excluding carboxylic acids is 1. The Morgan fingerprint density at radius 3 is 2.85 bits per heavy atom. The number of hydrogen-bond acceptors (Lipinski definition) is 4. The molecule has 2 heterocycles. The molecule has 0 saturated carbocycles. The average molecular weight is 398 g/mol. The number of amides is 1. The summed E-state index contributed by atoms with van der Waals surface area (Å²) in [5, 5.41) is 2.85. The first-order chi connectivity index (χ1) is 12.2. The van der Waals surface area contributed by atoms with Crippen molar-refractivity contribution in [2.24, 2.45) is 0 Å². The van der Waals surface area contributed by atoms with Gasteiger partial charge in [0.25, 0.3) is 5.91 Å². The second kappa shape index (κ2) is 7.30. The smallest absolute Gasteiger partial charge is 0.254 e. The van der Waals surface area contributed by atoms with Crippen LogP contribution in [0.4, 0.5) is 4.39 Å². The maximum absolute atomic E-state index is 13.8. The molecule has 0 saturated heterocycles. The van der Waals surface area contributed by atoms with Crippen molar-refractivity contribution >= 4 is 27.5 Å². The van der Waals surface area contributed by atoms with Crippen LogP contribution in [0.3, 0.4) is 0 Å². The number of fused-ring (bicyclic) bond motifs is 1. The number of sulfonamides is 1. The lowest BCUT2D eigenvalue weighted by Gasteiger charge is -2.26. The summed E-state index contributed by atoms with van der Waals surface area (Å²) in [6.45, 7) is 0.819. The minimum Gasteiger partial charge on any atom is -0.348 e. The molecule has 1 N–H and O–H groups in total. The summed E-state index contributed by atoms with van der Waals surface area (Å²) in [4.78, 5) is 16.5. The zero-order valence-electron chi connectivity index (χ0n) is 14.0. The van der Waals surface area contributed by atoms with Crippen molar-refractivity contribution in [1.82, 2.24) is 14.6 Å². The SMILES string of the molecule is CS(=O)(=O)N1CCc2ncc(CNC(=O)c3ccc(Cl)cc3F)cc2C1. The number of hydrogen-bond donors (Lipinski definition) is 1. The van der Waals surface area contributed by atoms with Crippen LogP contribution in [0, 0.1) is 5.82 Å². The van der Waals surface area contributed by atoms with Crippen LogP contribution in [0.1, 0.15) is 27.2 Å². The standard InChI is InChI=1S/C17H17ClFN3O3S/c1-26(24,25)22-5-4-16-12(10-22)6-11(8-20-16)9-21-17(23)14-3-2-13(18)7-15(14)19/h2-3,6-8H,4-5,9-10H2,1H3,(H,21,23). The first-order valence-corrected chi connectivity index (χ1v) is 10.1. The normalized spacial score (nSPS) is 14.7. The van der Waals surface area contributed by atoms with Gasteiger partial charge in [0.2, 0.25) is 10.0 Å². The molecule has 138 valence electrons. The lowest BCUT2D eigenvalue weighted by molar-refractivity contribution is 0.0947. The topological polar surface area (TPSA) is 79.4 Å². The Hall–Kier alpha value is -2.03. The Morgan fingerprint density at radius 2 is 2.15 bits per heavy atom. The van der Waals surface area contributed by atoms with Crippen LogP contribution in [0.2, 0.25) is 5.02 Å². The van der Waals surface area contributed by atoms with Crippen molar-refractivity contribution in [1.29, 1.82) is 0 Å². The van der Waals surface area contributed by atoms with Gasteiger partial charge in [-0.05, 0) is 35.4 Å². The molecule has 6 nitrogen and oxygen atoms in total. The zero-order chi connectivity index (χ0) is 18.9. The van der Waals surface area contributed by atoms with Crippen LogP contribution < -0.4 is 5.32 Å². The van der Waals surface area contributed by atoms with E-state index in [4.69, 9.17) is 11.6 Å². The fourth-order valence-electron chi connectivity index (χ4n) is 2.78. The number of carbonyl (C=O) groups is 1. The molecule has 0 spiro atoms. The molecule has 1 amide bonds. The summed E-state index contributed by atoms with van der Waals surface area (Å²) >= 11 is 5.68. The Labute approximate surface area is 156 Å². The van der Waals surface area contributed by atoms with Crippen LogP contribution in [-0.2, 0) is 29.5 Å². The van der Waals surface area contributed by atoms with E-state index in [-0.39, 0.29) is 23.7 Å². The molecule has 1 aliphatic rings. The zero-order valence-corrected chi connectivity index (χ0v) is 15.6. The molecule has 1 aliphatic heterocycles. The van der Waals surface area contributed by atoms with E-state index in [1.807, 2.05) is 6.07 Å². The highest BCUT2D eigenvalue weighted by molar-refractivity contribution is 7.88. The molecule has 0 aliphatic carbocycles. The summed E-state index contributed by atoms with van der Waals surface area (Å²) in [5.41, 5.74) is 2.28. The fraction of sp³-hybridized carbons (Fsp3) is 0.294. The number of halogens is 2. The predicted molar refractivity (Wildman–Crippen MR) is 95.8 cm³/mol. The first-order valence-electron chi connectivity index (χ1n) is 7.89. The van der Waals surface area contributed by atoms with Gasteiger partial charge in [0.1, 0.15) is 5.82 Å². The van der Waals surface area contributed by atoms with E-state index in [0.717, 1.165) is 17.3 Å². The van der Waals surface area contributed by atoms with E-state index in [0.29, 0.717) is 18.5 Å². The molecular formula is C17H17ClFN3O3S. The van der Waals surface area contributed by atoms with Crippen LogP contribution in [-0.4, -0.2) is 36.4 Å². The highest BCUT2D eigenvalue weighted by Crippen LogP contribution is 2.20. The molecule has 26 heavy (non-hydrogen) atoms. The van der Waals surface area contributed by atoms with Gasteiger partial charge in [-0.3, -0.25) is 9.78 Å². The predicted octanol–water partition coefficient (Wildman–Crippen LogP) is 2.12. The Kier molecular flexibility index (Phi) is 5.27. The van der Waals surface area contributed by atoms with E-state index in [2.05, 4.69) is 10.3 Å². The molecule has 3 rings (SSSR count). The number of nitrogens with one attached hydrogen (secondary N) is 1. The highest BCUT2D eigenvalue weighted by Gasteiger charge is 2.24. The third kappa shape index (κ3) is 4.20. The first kappa shape index (κ1) is 18.8. The van der Waals surface area contributed by atoms with Gasteiger partial charge >= 0.3 is 0 Å². The van der Waals surface area contributed by atoms with Crippen molar-refractivity contribution in [3.8, 4) is 0 Å². The monoisotopic (exact) mass is 397 g/mol. The summed E-state index contributed by atoms with van der Waals surface area (Å²) in [6, 6.07) is 5.66. The number of nitrogens with zero attached hydrogens (tertiary/aromatic N) is 2. The van der Waals surface area contributed by atoms with Gasteiger partial charge in [0.05, 0.1) is 11.8 Å². The molecule has 0 fully saturated rings. The maximum atomic E-state index is 13.8. The average Bonchev–Trinajstić information content (AvgIpc) is 2.58. The Morgan fingerprint density at radius 1 is 1.38 bits per heavy atom. The van der Waals surface area contributed by atoms with E-state index < -0.39 is 21.7 Å². The fourth-order valence-corrected chi connectivity index (χ4v) is 3.74. The van der Waals surface area contributed by atoms with E-state index in [1.165, 1.54) is 22.7 Å². The van der Waals surface area contributed by atoms with E-state index >= 15 is 0 Å². The van der Waals surface area contributed by atoms with Gasteiger partial charge in [-0.1, -0.05) is 11.6 Å². The summed E-state index contributed by atoms with van der Waals surface area (Å²) in [7, 11) is -3.27. The maximum Gasteiger partial charge on any atom is 0.254 e. The van der Waals surface area contributed by atoms with Crippen molar-refractivity contribution in [2.45, 2.75) is 19.5 Å². The molecule has 0 bridgehead atoms. The molecule has 1 aromatic carbocycles. The van der Waals surface area contributed by atoms with Crippen molar-refractivity contribution in [3.05, 3.63) is 63.7 Å². The molecular weight excluding hydrogens is 381 g/mol. The van der Waals surface area contributed by atoms with E-state index in [1.54, 1.807) is 6.20 Å². The molecule has 0 atom stereocenters. The number of rotatable bonds is 4. The summed E-state index contributed by atoms with van der Waals surface area (Å²) in [6.07, 6.45) is 3.36. The number of benzene rings is 1. The lowest BCUT2D eigenvalue weighted by Crippen LogP contribution is -2.35. The second-order valence-electron chi connectivity index (χ2n) is 6.10. The number of aromatic nitrogens is 1. The van der Waals surface area contributed by atoms with E-state index in [9.17, 15) is 17.6 Å². The molecule has 9 heteroatoms. The molecule has 1 aromatic heterocycles. The molecule has 0 unspecified atom stereocenters. The van der Waals surface area contributed by atoms with Crippen molar-refractivity contribution < 1.29 is 17.6 Å². The van der Waals surface area contributed by atoms with Crippen LogP contribution in [0.15, 0.2) is 30.5 Å². The van der Waals surface area contributed by atoms with Gasteiger partial charge in [-0.25, -0.2) is 12.8 Å². The van der Waals surface area contributed by atoms with Crippen molar-refractivity contribution in [3.63, 3.8) is 0 Å². The Bertz CT molecular complexity index is 966. The Balaban J connectivity index is 1.71. The highest BCUT2D eigenvalue weighted by atomic mass is 35.5. The molecule has 0 radical (unpaired) electrons. The van der Waals surface area contributed by atoms with Crippen molar-refractivity contribution in [2.75, 3.05) is 12.8 Å². The minimum atomic E-state index is -3.27. The lowest BCUT2D eigenvalue weighted by atomic mass is 10.1. The van der Waals surface area contributed by atoms with Gasteiger partial charge in [-0.2, -0.15) is 4.31 Å². The quantitative estimate of drug-likeness (QED) is 0.857. The minimum absolute atomic E-state index is 0.0939. The summed E-state index contributed by atoms with van der Waals surface area (Å²) in [5.74, 6) is -1.25. The second-order valence-corrected chi connectivity index (χ2v) is 8.52.